The van der Waals surface area contributed by atoms with Crippen molar-refractivity contribution < 1.29 is 5.11 Å². The number of allylic oxidation sites excluding steroid dienone is 1. The number of rotatable bonds is 1. The van der Waals surface area contributed by atoms with Crippen molar-refractivity contribution in [2.75, 3.05) is 0 Å². The normalized spacial score (nSPS) is 15.4. The van der Waals surface area contributed by atoms with Gasteiger partial charge in [0.2, 0.25) is 0 Å². The van der Waals surface area contributed by atoms with Gasteiger partial charge in [0.25, 0.3) is 5.56 Å². The van der Waals surface area contributed by atoms with Crippen LogP contribution in [0.3, 0.4) is 0 Å². The van der Waals surface area contributed by atoms with Crippen molar-refractivity contribution >= 4 is 22.6 Å². The molecular weight excluding hydrogens is 276 g/mol. The predicted octanol–water partition coefficient (Wildman–Crippen LogP) is 3.05. The summed E-state index contributed by atoms with van der Waals surface area (Å²) in [6.07, 6.45) is 2.88. The van der Waals surface area contributed by atoms with Gasteiger partial charge in [-0.3, -0.25) is 4.79 Å². The molecule has 0 amide bonds. The van der Waals surface area contributed by atoms with E-state index in [2.05, 4.69) is 9.55 Å². The fourth-order valence-electron chi connectivity index (χ4n) is 2.94. The summed E-state index contributed by atoms with van der Waals surface area (Å²) in [5.41, 5.74) is 2.80. The summed E-state index contributed by atoms with van der Waals surface area (Å²) >= 11 is 0. The van der Waals surface area contributed by atoms with Crippen molar-refractivity contribution in [3.63, 3.8) is 0 Å². The molecule has 0 fully saturated rings. The number of aromatic hydroxyl groups is 1. The molecule has 0 atom stereocenters. The summed E-state index contributed by atoms with van der Waals surface area (Å²) in [6.45, 7) is 0.826. The maximum atomic E-state index is 12.2. The number of phenols is 1. The number of fused-ring (bicyclic) bond motifs is 3. The van der Waals surface area contributed by atoms with Gasteiger partial charge < -0.3 is 9.67 Å². The Kier molecular flexibility index (Phi) is 2.82. The Morgan fingerprint density at radius 3 is 2.68 bits per heavy atom. The zero-order valence-corrected chi connectivity index (χ0v) is 11.9. The first kappa shape index (κ1) is 12.8. The Morgan fingerprint density at radius 1 is 1.09 bits per heavy atom. The minimum Gasteiger partial charge on any atom is -0.508 e. The van der Waals surface area contributed by atoms with Crippen LogP contribution in [0, 0.1) is 0 Å². The number of benzene rings is 2. The lowest BCUT2D eigenvalue weighted by Crippen LogP contribution is -2.14. The van der Waals surface area contributed by atoms with Crippen LogP contribution >= 0.6 is 0 Å². The molecule has 2 heterocycles. The van der Waals surface area contributed by atoms with Crippen molar-refractivity contribution in [2.24, 2.45) is 0 Å². The maximum Gasteiger partial charge on any atom is 0.281 e. The van der Waals surface area contributed by atoms with Gasteiger partial charge in [-0.05, 0) is 47.9 Å². The number of hydrogen-bond donors (Lipinski definition) is 1. The van der Waals surface area contributed by atoms with Crippen molar-refractivity contribution in [2.45, 2.75) is 13.0 Å². The van der Waals surface area contributed by atoms with Gasteiger partial charge in [0.1, 0.15) is 11.6 Å². The highest BCUT2D eigenvalue weighted by atomic mass is 16.3. The third-order valence-electron chi connectivity index (χ3n) is 4.01. The van der Waals surface area contributed by atoms with E-state index in [1.165, 1.54) is 0 Å². The maximum absolute atomic E-state index is 12.2. The highest BCUT2D eigenvalue weighted by Crippen LogP contribution is 2.29. The lowest BCUT2D eigenvalue weighted by atomic mass is 10.1. The van der Waals surface area contributed by atoms with Gasteiger partial charge in [-0.1, -0.05) is 24.3 Å². The van der Waals surface area contributed by atoms with E-state index in [1.807, 2.05) is 42.5 Å². The molecule has 0 saturated carbocycles. The Labute approximate surface area is 127 Å². The molecule has 3 aromatic rings. The third kappa shape index (κ3) is 2.00. The summed E-state index contributed by atoms with van der Waals surface area (Å²) in [4.78, 5) is 16.5. The van der Waals surface area contributed by atoms with Crippen molar-refractivity contribution in [3.05, 3.63) is 70.3 Å². The van der Waals surface area contributed by atoms with E-state index in [-0.39, 0.29) is 11.3 Å². The van der Waals surface area contributed by atoms with Crippen LogP contribution < -0.4 is 5.56 Å². The number of phenolic OH excluding ortho intramolecular Hbond substituents is 1. The van der Waals surface area contributed by atoms with E-state index in [0.29, 0.717) is 5.39 Å². The Hall–Kier alpha value is -2.88. The van der Waals surface area contributed by atoms with Gasteiger partial charge in [-0.25, -0.2) is 0 Å². The van der Waals surface area contributed by atoms with Crippen molar-refractivity contribution in [3.8, 4) is 5.75 Å². The van der Waals surface area contributed by atoms with Crippen LogP contribution in [0.15, 0.2) is 53.3 Å². The summed E-state index contributed by atoms with van der Waals surface area (Å²) in [6, 6.07) is 14.6. The summed E-state index contributed by atoms with van der Waals surface area (Å²) < 4.78 is 2.10. The van der Waals surface area contributed by atoms with Crippen molar-refractivity contribution in [1.29, 1.82) is 0 Å². The van der Waals surface area contributed by atoms with E-state index in [1.54, 1.807) is 12.1 Å². The molecular formula is C18H14N2O2. The minimum atomic E-state index is -0.180. The quantitative estimate of drug-likeness (QED) is 0.749. The molecule has 2 aromatic carbocycles. The highest BCUT2D eigenvalue weighted by Gasteiger charge is 2.20. The molecule has 0 unspecified atom stereocenters. The Morgan fingerprint density at radius 2 is 1.86 bits per heavy atom. The molecule has 0 spiro atoms. The largest absolute Gasteiger partial charge is 0.508 e. The summed E-state index contributed by atoms with van der Waals surface area (Å²) in [7, 11) is 0. The Bertz CT molecular complexity index is 953. The summed E-state index contributed by atoms with van der Waals surface area (Å²) in [5.74, 6) is 0.992. The molecule has 108 valence electrons. The van der Waals surface area contributed by atoms with E-state index in [9.17, 15) is 9.90 Å². The number of aromatic nitrogens is 2. The molecule has 1 aromatic heterocycles. The average Bonchev–Trinajstić information content (AvgIpc) is 2.93. The van der Waals surface area contributed by atoms with Crippen LogP contribution in [0.2, 0.25) is 0 Å². The molecule has 22 heavy (non-hydrogen) atoms. The zero-order chi connectivity index (χ0) is 15.1. The van der Waals surface area contributed by atoms with Crippen LogP contribution in [0.4, 0.5) is 0 Å². The monoisotopic (exact) mass is 290 g/mol. The lowest BCUT2D eigenvalue weighted by molar-refractivity contribution is 0.475. The molecule has 1 aliphatic heterocycles. The first-order chi connectivity index (χ1) is 10.7. The molecule has 0 bridgehead atoms. The molecule has 4 nitrogen and oxygen atoms in total. The second kappa shape index (κ2) is 4.84. The fourth-order valence-corrected chi connectivity index (χ4v) is 2.94. The third-order valence-corrected chi connectivity index (χ3v) is 4.01. The second-order valence-corrected chi connectivity index (χ2v) is 5.42. The lowest BCUT2D eigenvalue weighted by Gasteiger charge is -2.07. The van der Waals surface area contributed by atoms with E-state index in [0.717, 1.165) is 35.4 Å². The van der Waals surface area contributed by atoms with Crippen LogP contribution in [-0.2, 0) is 6.54 Å². The van der Waals surface area contributed by atoms with Crippen LogP contribution in [0.1, 0.15) is 17.8 Å². The second-order valence-electron chi connectivity index (χ2n) is 5.42. The van der Waals surface area contributed by atoms with E-state index < -0.39 is 0 Å². The Balaban J connectivity index is 1.89. The van der Waals surface area contributed by atoms with Gasteiger partial charge in [0, 0.05) is 6.54 Å². The zero-order valence-electron chi connectivity index (χ0n) is 11.9. The molecule has 1 aliphatic rings. The molecule has 0 saturated heterocycles. The van der Waals surface area contributed by atoms with Crippen molar-refractivity contribution in [1.82, 2.24) is 9.55 Å². The van der Waals surface area contributed by atoms with Crippen LogP contribution in [0.5, 0.6) is 5.75 Å². The molecule has 4 heteroatoms. The van der Waals surface area contributed by atoms with E-state index in [4.69, 9.17) is 0 Å². The summed E-state index contributed by atoms with van der Waals surface area (Å²) in [5, 5.41) is 10.0. The van der Waals surface area contributed by atoms with Crippen LogP contribution in [-0.4, -0.2) is 14.7 Å². The first-order valence-corrected chi connectivity index (χ1v) is 7.22. The molecule has 1 N–H and O–H groups in total. The van der Waals surface area contributed by atoms with Gasteiger partial charge >= 0.3 is 0 Å². The van der Waals surface area contributed by atoms with Gasteiger partial charge in [-0.15, -0.1) is 0 Å². The molecule has 0 radical (unpaired) electrons. The van der Waals surface area contributed by atoms with Gasteiger partial charge in [-0.2, -0.15) is 4.98 Å². The minimum absolute atomic E-state index is 0.180. The van der Waals surface area contributed by atoms with Gasteiger partial charge in [0.05, 0.1) is 10.9 Å². The molecule has 4 rings (SSSR count). The number of hydrogen-bond acceptors (Lipinski definition) is 3. The highest BCUT2D eigenvalue weighted by molar-refractivity contribution is 5.85. The fraction of sp³-hybridized carbons (Fsp3) is 0.111. The topological polar surface area (TPSA) is 55.1 Å². The number of para-hydroxylation sites is 1. The number of nitrogens with zero attached hydrogens (tertiary/aromatic N) is 2. The number of aryl methyl sites for hydroxylation is 1. The predicted molar refractivity (Wildman–Crippen MR) is 86.6 cm³/mol. The standard InChI is InChI=1S/C18H14N2O2/c21-14-7-5-12(6-8-14)11-13-9-10-20-16-4-2-1-3-15(16)18(22)19-17(13)20/h1-8,11,21H,9-10H2/b13-11+. The SMILES string of the molecule is O=c1nc2n(c3ccccc13)CC/C2=C\c1ccc(O)cc1. The van der Waals surface area contributed by atoms with Crippen LogP contribution in [0.25, 0.3) is 22.6 Å². The van der Waals surface area contributed by atoms with E-state index >= 15 is 0 Å². The van der Waals surface area contributed by atoms with Gasteiger partial charge in [0.15, 0.2) is 0 Å². The first-order valence-electron chi connectivity index (χ1n) is 7.22. The molecule has 0 aliphatic carbocycles. The smallest absolute Gasteiger partial charge is 0.281 e. The average molecular weight is 290 g/mol.